The van der Waals surface area contributed by atoms with Gasteiger partial charge in [-0.2, -0.15) is 0 Å². The van der Waals surface area contributed by atoms with Crippen molar-refractivity contribution in [2.45, 2.75) is 12.2 Å². The number of amides is 2. The monoisotopic (exact) mass is 554 g/mol. The van der Waals surface area contributed by atoms with E-state index in [1.54, 1.807) is 24.3 Å². The van der Waals surface area contributed by atoms with Crippen LogP contribution in [-0.2, 0) is 19.1 Å². The number of hydrogen-bond acceptors (Lipinski definition) is 7. The maximum absolute atomic E-state index is 12.9. The lowest BCUT2D eigenvalue weighted by atomic mass is 10.1. The number of rotatable bonds is 8. The van der Waals surface area contributed by atoms with Crippen LogP contribution in [0, 0.1) is 0 Å². The predicted molar refractivity (Wildman–Crippen MR) is 129 cm³/mol. The molecular formula is C25H19BrN2O8. The van der Waals surface area contributed by atoms with Crippen LogP contribution in [0.4, 0.5) is 0 Å². The van der Waals surface area contributed by atoms with Gasteiger partial charge in [-0.15, -0.1) is 0 Å². The zero-order chi connectivity index (χ0) is 26.1. The van der Waals surface area contributed by atoms with Gasteiger partial charge < -0.3 is 14.6 Å². The molecule has 0 aliphatic rings. The summed E-state index contributed by atoms with van der Waals surface area (Å²) in [5.74, 6) is -5.82. The molecule has 0 heterocycles. The van der Waals surface area contributed by atoms with E-state index < -0.39 is 41.9 Å². The number of hydrazine groups is 1. The minimum Gasteiger partial charge on any atom is -0.478 e. The van der Waals surface area contributed by atoms with Gasteiger partial charge in [0.05, 0.1) is 11.1 Å². The zero-order valence-corrected chi connectivity index (χ0v) is 20.0. The molecule has 184 valence electrons. The lowest BCUT2D eigenvalue weighted by molar-refractivity contribution is -0.159. The van der Waals surface area contributed by atoms with Crippen molar-refractivity contribution in [3.05, 3.63) is 106 Å². The van der Waals surface area contributed by atoms with Crippen molar-refractivity contribution in [3.8, 4) is 0 Å². The fraction of sp³-hybridized carbons (Fsp3) is 0.0800. The van der Waals surface area contributed by atoms with E-state index in [0.717, 1.165) is 4.47 Å². The molecule has 0 saturated carbocycles. The molecule has 2 atom stereocenters. The molecule has 0 aliphatic heterocycles. The molecule has 3 aromatic carbocycles. The molecule has 0 unspecified atom stereocenters. The van der Waals surface area contributed by atoms with Crippen molar-refractivity contribution in [2.75, 3.05) is 0 Å². The maximum atomic E-state index is 12.9. The van der Waals surface area contributed by atoms with E-state index >= 15 is 0 Å². The summed E-state index contributed by atoms with van der Waals surface area (Å²) >= 11 is 3.24. The molecular weight excluding hydrogens is 536 g/mol. The molecule has 0 fully saturated rings. The number of aliphatic carboxylic acids is 1. The van der Waals surface area contributed by atoms with Gasteiger partial charge in [-0.25, -0.2) is 14.4 Å². The van der Waals surface area contributed by atoms with Gasteiger partial charge in [0.1, 0.15) is 0 Å². The summed E-state index contributed by atoms with van der Waals surface area (Å²) < 4.78 is 10.9. The third-order valence-corrected chi connectivity index (χ3v) is 5.20. The summed E-state index contributed by atoms with van der Waals surface area (Å²) in [6, 6.07) is 21.1. The quantitative estimate of drug-likeness (QED) is 0.284. The highest BCUT2D eigenvalue weighted by Gasteiger charge is 2.41. The number of esters is 2. The SMILES string of the molecule is O=C(NNC(=O)[C@@H](OC(=O)c1ccccc1)[C@H](OC(=O)c1ccccc1)C(=O)O)c1ccc(Br)cc1. The average molecular weight is 555 g/mol. The van der Waals surface area contributed by atoms with Gasteiger partial charge in [-0.1, -0.05) is 52.3 Å². The third-order valence-electron chi connectivity index (χ3n) is 4.67. The number of carboxylic acids is 1. The predicted octanol–water partition coefficient (Wildman–Crippen LogP) is 2.75. The Kier molecular flexibility index (Phi) is 8.89. The summed E-state index contributed by atoms with van der Waals surface area (Å²) in [7, 11) is 0. The van der Waals surface area contributed by atoms with Crippen LogP contribution in [0.15, 0.2) is 89.4 Å². The molecule has 0 aromatic heterocycles. The number of carbonyl (C=O) groups is 5. The first kappa shape index (κ1) is 26.1. The second-order valence-corrected chi connectivity index (χ2v) is 8.09. The van der Waals surface area contributed by atoms with E-state index in [9.17, 15) is 29.1 Å². The van der Waals surface area contributed by atoms with Gasteiger partial charge in [0.2, 0.25) is 12.2 Å². The van der Waals surface area contributed by atoms with Crippen molar-refractivity contribution in [2.24, 2.45) is 0 Å². The highest BCUT2D eigenvalue weighted by atomic mass is 79.9. The zero-order valence-electron chi connectivity index (χ0n) is 18.4. The smallest absolute Gasteiger partial charge is 0.349 e. The minimum absolute atomic E-state index is 0.0147. The van der Waals surface area contributed by atoms with Gasteiger partial charge in [0, 0.05) is 10.0 Å². The summed E-state index contributed by atoms with van der Waals surface area (Å²) in [6.45, 7) is 0. The Morgan fingerprint density at radius 2 is 1.11 bits per heavy atom. The topological polar surface area (TPSA) is 148 Å². The molecule has 0 radical (unpaired) electrons. The Balaban J connectivity index is 1.82. The Hall–Kier alpha value is -4.51. The van der Waals surface area contributed by atoms with Crippen LogP contribution < -0.4 is 10.9 Å². The minimum atomic E-state index is -2.23. The van der Waals surface area contributed by atoms with Crippen molar-refractivity contribution < 1.29 is 38.6 Å². The van der Waals surface area contributed by atoms with Crippen LogP contribution in [0.3, 0.4) is 0 Å². The van der Waals surface area contributed by atoms with Crippen LogP contribution in [-0.4, -0.2) is 47.0 Å². The molecule has 36 heavy (non-hydrogen) atoms. The summed E-state index contributed by atoms with van der Waals surface area (Å²) in [6.07, 6.45) is -4.37. The Bertz CT molecular complexity index is 1250. The molecule has 0 aliphatic carbocycles. The first-order valence-electron chi connectivity index (χ1n) is 10.4. The Labute approximate surface area is 213 Å². The first-order chi connectivity index (χ1) is 17.3. The average Bonchev–Trinajstić information content (AvgIpc) is 2.90. The largest absolute Gasteiger partial charge is 0.478 e. The van der Waals surface area contributed by atoms with Gasteiger partial charge in [0.15, 0.2) is 0 Å². The van der Waals surface area contributed by atoms with Crippen LogP contribution >= 0.6 is 15.9 Å². The van der Waals surface area contributed by atoms with Gasteiger partial charge in [-0.3, -0.25) is 20.4 Å². The van der Waals surface area contributed by atoms with Crippen molar-refractivity contribution >= 4 is 45.7 Å². The summed E-state index contributed by atoms with van der Waals surface area (Å²) in [4.78, 5) is 62.3. The normalized spacial score (nSPS) is 11.9. The van der Waals surface area contributed by atoms with E-state index in [2.05, 4.69) is 21.4 Å². The van der Waals surface area contributed by atoms with Crippen LogP contribution in [0.1, 0.15) is 31.1 Å². The van der Waals surface area contributed by atoms with Crippen molar-refractivity contribution in [1.29, 1.82) is 0 Å². The first-order valence-corrected chi connectivity index (χ1v) is 11.2. The molecule has 3 aromatic rings. The van der Waals surface area contributed by atoms with Gasteiger partial charge in [-0.05, 0) is 48.5 Å². The van der Waals surface area contributed by atoms with E-state index in [4.69, 9.17) is 9.47 Å². The summed E-state index contributed by atoms with van der Waals surface area (Å²) in [5.41, 5.74) is 4.35. The van der Waals surface area contributed by atoms with Crippen LogP contribution in [0.2, 0.25) is 0 Å². The number of carbonyl (C=O) groups excluding carboxylic acids is 4. The van der Waals surface area contributed by atoms with E-state index in [1.165, 1.54) is 60.7 Å². The van der Waals surface area contributed by atoms with Gasteiger partial charge >= 0.3 is 17.9 Å². The Morgan fingerprint density at radius 1 is 0.639 bits per heavy atom. The van der Waals surface area contributed by atoms with Crippen molar-refractivity contribution in [1.82, 2.24) is 10.9 Å². The van der Waals surface area contributed by atoms with Crippen LogP contribution in [0.25, 0.3) is 0 Å². The molecule has 2 amide bonds. The standard InChI is InChI=1S/C25H19BrN2O8/c26-18-13-11-15(12-14-18)21(29)27-28-22(30)19(35-24(33)16-7-3-1-4-8-16)20(23(31)32)36-25(34)17-9-5-2-6-10-17/h1-14,19-20H,(H,27,29)(H,28,30)(H,31,32)/t19-,20-/m0/s1. The number of ether oxygens (including phenoxy) is 2. The third kappa shape index (κ3) is 7.00. The Morgan fingerprint density at radius 3 is 1.58 bits per heavy atom. The molecule has 3 N–H and O–H groups in total. The van der Waals surface area contributed by atoms with E-state index in [1.807, 2.05) is 5.43 Å². The number of hydrogen-bond donors (Lipinski definition) is 3. The summed E-state index contributed by atoms with van der Waals surface area (Å²) in [5, 5.41) is 9.71. The van der Waals surface area contributed by atoms with E-state index in [0.29, 0.717) is 0 Å². The lowest BCUT2D eigenvalue weighted by Crippen LogP contribution is -2.54. The number of nitrogens with one attached hydrogen (secondary N) is 2. The lowest BCUT2D eigenvalue weighted by Gasteiger charge is -2.23. The van der Waals surface area contributed by atoms with Crippen LogP contribution in [0.5, 0.6) is 0 Å². The molecule has 11 heteroatoms. The second kappa shape index (κ2) is 12.3. The fourth-order valence-electron chi connectivity index (χ4n) is 2.87. The second-order valence-electron chi connectivity index (χ2n) is 7.17. The maximum Gasteiger partial charge on any atom is 0.349 e. The highest BCUT2D eigenvalue weighted by molar-refractivity contribution is 9.10. The molecule has 0 spiro atoms. The van der Waals surface area contributed by atoms with Gasteiger partial charge in [0.25, 0.3) is 11.8 Å². The number of halogens is 1. The van der Waals surface area contributed by atoms with E-state index in [-0.39, 0.29) is 16.7 Å². The molecule has 10 nitrogen and oxygen atoms in total. The molecule has 0 saturated heterocycles. The molecule has 0 bridgehead atoms. The highest BCUT2D eigenvalue weighted by Crippen LogP contribution is 2.14. The fourth-order valence-corrected chi connectivity index (χ4v) is 3.14. The molecule has 3 rings (SSSR count). The number of carboxylic acid groups (broad SMARTS) is 1. The number of benzene rings is 3. The van der Waals surface area contributed by atoms with Crippen molar-refractivity contribution in [3.63, 3.8) is 0 Å².